The fourth-order valence-electron chi connectivity index (χ4n) is 2.39. The van der Waals surface area contributed by atoms with Crippen LogP contribution in [0.4, 0.5) is 10.1 Å². The largest absolute Gasteiger partial charge is 0.453 e. The molecule has 0 fully saturated rings. The van der Waals surface area contributed by atoms with Crippen molar-refractivity contribution in [3.8, 4) is 0 Å². The van der Waals surface area contributed by atoms with Gasteiger partial charge in [0.2, 0.25) is 0 Å². The predicted molar refractivity (Wildman–Crippen MR) is 106 cm³/mol. The summed E-state index contributed by atoms with van der Waals surface area (Å²) in [6.45, 7) is 5.16. The summed E-state index contributed by atoms with van der Waals surface area (Å²) < 4.78 is 19.3. The minimum atomic E-state index is -1.11. The number of thiophene rings is 1. The molecule has 144 valence electrons. The molecular weight excluding hydrogens is 437 g/mol. The van der Waals surface area contributed by atoms with Gasteiger partial charge in [-0.2, -0.15) is 0 Å². The number of carbonyl (C=O) groups is 3. The van der Waals surface area contributed by atoms with Crippen LogP contribution in [0.3, 0.4) is 0 Å². The molecule has 0 saturated heterocycles. The molecule has 1 aromatic heterocycles. The van der Waals surface area contributed by atoms with E-state index in [2.05, 4.69) is 21.2 Å². The Bertz CT molecular complexity index is 881. The van der Waals surface area contributed by atoms with E-state index in [0.717, 1.165) is 9.75 Å². The van der Waals surface area contributed by atoms with Crippen LogP contribution >= 0.6 is 27.3 Å². The number of ether oxygens (including phenoxy) is 1. The van der Waals surface area contributed by atoms with Gasteiger partial charge in [-0.15, -0.1) is 11.3 Å². The molecule has 0 radical (unpaired) electrons. The zero-order chi connectivity index (χ0) is 20.1. The third-order valence-electron chi connectivity index (χ3n) is 3.76. The first kappa shape index (κ1) is 21.2. The van der Waals surface area contributed by atoms with Gasteiger partial charge in [-0.05, 0) is 45.0 Å². The molecule has 1 unspecified atom stereocenters. The van der Waals surface area contributed by atoms with Crippen molar-refractivity contribution < 1.29 is 23.5 Å². The second-order valence-electron chi connectivity index (χ2n) is 6.00. The van der Waals surface area contributed by atoms with Gasteiger partial charge in [0.1, 0.15) is 5.82 Å². The van der Waals surface area contributed by atoms with Crippen LogP contribution in [0.25, 0.3) is 0 Å². The number of Topliss-reactive ketones (excluding diaryl/α,β-unsaturated/α-hetero) is 1. The molecule has 0 bridgehead atoms. The van der Waals surface area contributed by atoms with Gasteiger partial charge in [0, 0.05) is 26.2 Å². The monoisotopic (exact) mass is 455 g/mol. The molecule has 0 aliphatic heterocycles. The molecule has 0 aliphatic rings. The first-order valence-corrected chi connectivity index (χ1v) is 9.84. The van der Waals surface area contributed by atoms with Crippen LogP contribution in [0, 0.1) is 19.7 Å². The molecule has 27 heavy (non-hydrogen) atoms. The van der Waals surface area contributed by atoms with Crippen LogP contribution < -0.4 is 5.32 Å². The van der Waals surface area contributed by atoms with Crippen molar-refractivity contribution in [2.45, 2.75) is 39.7 Å². The van der Waals surface area contributed by atoms with Crippen LogP contribution in [0.2, 0.25) is 0 Å². The summed E-state index contributed by atoms with van der Waals surface area (Å²) in [7, 11) is 0. The van der Waals surface area contributed by atoms with E-state index in [1.807, 2.05) is 13.8 Å². The fourth-order valence-corrected chi connectivity index (χ4v) is 3.67. The Morgan fingerprint density at radius 2 is 1.93 bits per heavy atom. The molecule has 1 N–H and O–H groups in total. The molecule has 0 spiro atoms. The predicted octanol–water partition coefficient (Wildman–Crippen LogP) is 4.80. The number of ketones is 1. The Balaban J connectivity index is 1.84. The lowest BCUT2D eigenvalue weighted by Crippen LogP contribution is -2.30. The van der Waals surface area contributed by atoms with Gasteiger partial charge >= 0.3 is 5.97 Å². The van der Waals surface area contributed by atoms with Crippen molar-refractivity contribution in [3.63, 3.8) is 0 Å². The van der Waals surface area contributed by atoms with Crippen LogP contribution in [0.1, 0.15) is 39.9 Å². The van der Waals surface area contributed by atoms with Gasteiger partial charge in [-0.1, -0.05) is 15.9 Å². The average Bonchev–Trinajstić information content (AvgIpc) is 2.93. The van der Waals surface area contributed by atoms with E-state index in [9.17, 15) is 18.8 Å². The molecule has 0 saturated carbocycles. The van der Waals surface area contributed by atoms with Crippen molar-refractivity contribution in [1.82, 2.24) is 0 Å². The smallest absolute Gasteiger partial charge is 0.307 e. The number of nitrogens with one attached hydrogen (secondary N) is 1. The number of hydrogen-bond donors (Lipinski definition) is 1. The van der Waals surface area contributed by atoms with Gasteiger partial charge in [0.25, 0.3) is 5.91 Å². The van der Waals surface area contributed by atoms with Crippen molar-refractivity contribution in [2.75, 3.05) is 5.32 Å². The van der Waals surface area contributed by atoms with E-state index in [4.69, 9.17) is 4.74 Å². The summed E-state index contributed by atoms with van der Waals surface area (Å²) in [5, 5.41) is 2.37. The second kappa shape index (κ2) is 9.23. The summed E-state index contributed by atoms with van der Waals surface area (Å²) >= 11 is 4.65. The highest BCUT2D eigenvalue weighted by Gasteiger charge is 2.20. The summed E-state index contributed by atoms with van der Waals surface area (Å²) in [6.07, 6.45) is -1.23. The van der Waals surface area contributed by atoms with E-state index in [1.165, 1.54) is 30.4 Å². The van der Waals surface area contributed by atoms with E-state index < -0.39 is 23.8 Å². The minimum Gasteiger partial charge on any atom is -0.453 e. The lowest BCUT2D eigenvalue weighted by Gasteiger charge is -2.14. The topological polar surface area (TPSA) is 72.5 Å². The summed E-state index contributed by atoms with van der Waals surface area (Å²) in [6, 6.07) is 5.99. The number of hydrogen-bond acceptors (Lipinski definition) is 5. The maximum Gasteiger partial charge on any atom is 0.307 e. The molecule has 1 heterocycles. The van der Waals surface area contributed by atoms with E-state index in [0.29, 0.717) is 10.0 Å². The van der Waals surface area contributed by atoms with E-state index in [-0.39, 0.29) is 24.3 Å². The van der Waals surface area contributed by atoms with Crippen molar-refractivity contribution in [2.24, 2.45) is 0 Å². The van der Waals surface area contributed by atoms with E-state index in [1.54, 1.807) is 12.1 Å². The van der Waals surface area contributed by atoms with Crippen LogP contribution in [0.5, 0.6) is 0 Å². The minimum absolute atomic E-state index is 0.00548. The van der Waals surface area contributed by atoms with Gasteiger partial charge in [0.15, 0.2) is 11.9 Å². The third-order valence-corrected chi connectivity index (χ3v) is 5.22. The Labute approximate surface area is 169 Å². The normalized spacial score (nSPS) is 11.7. The molecule has 1 aromatic carbocycles. The van der Waals surface area contributed by atoms with Crippen molar-refractivity contribution >= 4 is 50.6 Å². The molecule has 2 aromatic rings. The number of anilines is 1. The highest BCUT2D eigenvalue weighted by atomic mass is 79.9. The highest BCUT2D eigenvalue weighted by Crippen LogP contribution is 2.22. The second-order valence-corrected chi connectivity index (χ2v) is 8.37. The molecule has 8 heteroatoms. The lowest BCUT2D eigenvalue weighted by atomic mass is 10.1. The lowest BCUT2D eigenvalue weighted by molar-refractivity contribution is -0.153. The number of amides is 1. The maximum atomic E-state index is 13.8. The molecular formula is C19H19BrFNO4S. The number of esters is 1. The SMILES string of the molecule is Cc1cc(C(=O)CCC(=O)OC(C)C(=O)Nc2ccc(Br)cc2F)c(C)s1. The molecule has 2 rings (SSSR count). The molecule has 5 nitrogen and oxygen atoms in total. The van der Waals surface area contributed by atoms with Gasteiger partial charge in [-0.25, -0.2) is 4.39 Å². The summed E-state index contributed by atoms with van der Waals surface area (Å²) in [5.41, 5.74) is 0.603. The standard InChI is InChI=1S/C19H19BrFNO4S/c1-10-8-14(12(3)27-10)17(23)6-7-18(24)26-11(2)19(25)22-16-5-4-13(20)9-15(16)21/h4-5,8-9,11H,6-7H2,1-3H3,(H,22,25). The average molecular weight is 456 g/mol. The van der Waals surface area contributed by atoms with Crippen LogP contribution in [-0.4, -0.2) is 23.8 Å². The third kappa shape index (κ3) is 5.97. The number of halogens is 2. The first-order valence-electron chi connectivity index (χ1n) is 8.23. The van der Waals surface area contributed by atoms with Crippen LogP contribution in [0.15, 0.2) is 28.7 Å². The van der Waals surface area contributed by atoms with Gasteiger partial charge in [0.05, 0.1) is 12.1 Å². The number of benzene rings is 1. The number of rotatable bonds is 7. The Morgan fingerprint density at radius 3 is 2.52 bits per heavy atom. The Morgan fingerprint density at radius 1 is 1.22 bits per heavy atom. The Kier molecular flexibility index (Phi) is 7.26. The van der Waals surface area contributed by atoms with Crippen molar-refractivity contribution in [1.29, 1.82) is 0 Å². The summed E-state index contributed by atoms with van der Waals surface area (Å²) in [5.74, 6) is -2.06. The van der Waals surface area contributed by atoms with Gasteiger partial charge < -0.3 is 10.1 Å². The summed E-state index contributed by atoms with van der Waals surface area (Å²) in [4.78, 5) is 38.1. The quantitative estimate of drug-likeness (QED) is 0.480. The number of aryl methyl sites for hydroxylation is 2. The van der Waals surface area contributed by atoms with Gasteiger partial charge in [-0.3, -0.25) is 14.4 Å². The zero-order valence-electron chi connectivity index (χ0n) is 15.1. The Hall–Kier alpha value is -2.06. The molecule has 1 amide bonds. The van der Waals surface area contributed by atoms with Crippen molar-refractivity contribution in [3.05, 3.63) is 49.9 Å². The first-order chi connectivity index (χ1) is 12.7. The molecule has 0 aliphatic carbocycles. The highest BCUT2D eigenvalue weighted by molar-refractivity contribution is 9.10. The van der Waals surface area contributed by atoms with Crippen LogP contribution in [-0.2, 0) is 14.3 Å². The number of carbonyl (C=O) groups excluding carboxylic acids is 3. The fraction of sp³-hybridized carbons (Fsp3) is 0.316. The zero-order valence-corrected chi connectivity index (χ0v) is 17.5. The maximum absolute atomic E-state index is 13.8. The van der Waals surface area contributed by atoms with E-state index >= 15 is 0 Å². The molecule has 1 atom stereocenters.